The minimum Gasteiger partial charge on any atom is -0.347 e. The minimum absolute atomic E-state index is 0.0604. The summed E-state index contributed by atoms with van der Waals surface area (Å²) in [6.45, 7) is 0.337. The Bertz CT molecular complexity index is 1180. The molecule has 1 aromatic heterocycles. The monoisotopic (exact) mass is 446 g/mol. The van der Waals surface area contributed by atoms with E-state index >= 15 is 0 Å². The highest BCUT2D eigenvalue weighted by atomic mass is 19.1. The molecule has 0 saturated heterocycles. The van der Waals surface area contributed by atoms with E-state index in [0.717, 1.165) is 73.1 Å². The fourth-order valence-corrected chi connectivity index (χ4v) is 4.37. The number of rotatable bonds is 6. The third kappa shape index (κ3) is 4.82. The fourth-order valence-electron chi connectivity index (χ4n) is 4.37. The molecule has 5 rings (SSSR count). The van der Waals surface area contributed by atoms with Crippen molar-refractivity contribution in [3.63, 3.8) is 0 Å². The molecule has 1 fully saturated rings. The van der Waals surface area contributed by atoms with Crippen LogP contribution < -0.4 is 10.6 Å². The molecule has 6 nitrogen and oxygen atoms in total. The first kappa shape index (κ1) is 21.4. The predicted octanol–water partition coefficient (Wildman–Crippen LogP) is 4.56. The SMILES string of the molecule is O=C(NCc1cccc(NC(=O)C2CC2)c1)c1nn(-c2ccc(F)cc2)c2c1CCCCC2. The van der Waals surface area contributed by atoms with Crippen LogP contribution in [0, 0.1) is 11.7 Å². The molecule has 2 aliphatic carbocycles. The average Bonchev–Trinajstić information content (AvgIpc) is 3.64. The van der Waals surface area contributed by atoms with Crippen LogP contribution in [0.5, 0.6) is 0 Å². The van der Waals surface area contributed by atoms with Gasteiger partial charge in [0.15, 0.2) is 5.69 Å². The normalized spacial score (nSPS) is 15.4. The molecule has 0 spiro atoms. The molecule has 2 amide bonds. The van der Waals surface area contributed by atoms with Crippen LogP contribution in [0.25, 0.3) is 5.69 Å². The molecule has 2 N–H and O–H groups in total. The van der Waals surface area contributed by atoms with Gasteiger partial charge in [0.25, 0.3) is 5.91 Å². The van der Waals surface area contributed by atoms with Crippen molar-refractivity contribution < 1.29 is 14.0 Å². The van der Waals surface area contributed by atoms with Crippen LogP contribution in [-0.2, 0) is 24.2 Å². The van der Waals surface area contributed by atoms with E-state index in [9.17, 15) is 14.0 Å². The molecule has 0 radical (unpaired) electrons. The van der Waals surface area contributed by atoms with Gasteiger partial charge in [0.1, 0.15) is 5.82 Å². The van der Waals surface area contributed by atoms with Gasteiger partial charge < -0.3 is 10.6 Å². The number of anilines is 1. The quantitative estimate of drug-likeness (QED) is 0.545. The van der Waals surface area contributed by atoms with Gasteiger partial charge >= 0.3 is 0 Å². The Kier molecular flexibility index (Phi) is 5.94. The molecule has 0 aliphatic heterocycles. The summed E-state index contributed by atoms with van der Waals surface area (Å²) in [6, 6.07) is 13.7. The largest absolute Gasteiger partial charge is 0.347 e. The zero-order chi connectivity index (χ0) is 22.8. The highest BCUT2D eigenvalue weighted by molar-refractivity contribution is 5.95. The number of fused-ring (bicyclic) bond motifs is 1. The lowest BCUT2D eigenvalue weighted by atomic mass is 10.1. The van der Waals surface area contributed by atoms with Crippen LogP contribution in [0.15, 0.2) is 48.5 Å². The van der Waals surface area contributed by atoms with Crippen LogP contribution in [0.4, 0.5) is 10.1 Å². The van der Waals surface area contributed by atoms with Crippen LogP contribution in [0.1, 0.15) is 59.4 Å². The van der Waals surface area contributed by atoms with Gasteiger partial charge in [-0.1, -0.05) is 18.6 Å². The second kappa shape index (κ2) is 9.17. The Hall–Kier alpha value is -3.48. The van der Waals surface area contributed by atoms with Gasteiger partial charge in [-0.25, -0.2) is 9.07 Å². The van der Waals surface area contributed by atoms with Crippen molar-refractivity contribution in [2.24, 2.45) is 5.92 Å². The molecule has 1 heterocycles. The lowest BCUT2D eigenvalue weighted by Gasteiger charge is -2.08. The van der Waals surface area contributed by atoms with Gasteiger partial charge in [-0.05, 0) is 80.5 Å². The summed E-state index contributed by atoms with van der Waals surface area (Å²) in [5, 5.41) is 10.6. The third-order valence-electron chi connectivity index (χ3n) is 6.31. The maximum Gasteiger partial charge on any atom is 0.272 e. The van der Waals surface area contributed by atoms with E-state index in [0.29, 0.717) is 12.2 Å². The minimum atomic E-state index is -0.300. The first-order valence-electron chi connectivity index (χ1n) is 11.6. The summed E-state index contributed by atoms with van der Waals surface area (Å²) in [4.78, 5) is 25.2. The molecule has 2 aliphatic rings. The Morgan fingerprint density at radius 2 is 1.82 bits per heavy atom. The third-order valence-corrected chi connectivity index (χ3v) is 6.31. The average molecular weight is 447 g/mol. The van der Waals surface area contributed by atoms with Crippen molar-refractivity contribution >= 4 is 17.5 Å². The number of carbonyl (C=O) groups excluding carboxylic acids is 2. The summed E-state index contributed by atoms with van der Waals surface area (Å²) in [7, 11) is 0. The lowest BCUT2D eigenvalue weighted by molar-refractivity contribution is -0.117. The standard InChI is InChI=1S/C26H27FN4O2/c27-19-11-13-21(14-12-19)31-23-8-3-1-2-7-22(23)24(30-31)26(33)28-16-17-5-4-6-20(15-17)29-25(32)18-9-10-18/h4-6,11-15,18H,1-3,7-10,16H2,(H,28,33)(H,29,32). The molecule has 2 aromatic carbocycles. The second-order valence-electron chi connectivity index (χ2n) is 8.87. The van der Waals surface area contributed by atoms with Crippen LogP contribution in [0.2, 0.25) is 0 Å². The fraction of sp³-hybridized carbons (Fsp3) is 0.346. The predicted molar refractivity (Wildman–Crippen MR) is 124 cm³/mol. The topological polar surface area (TPSA) is 76.0 Å². The van der Waals surface area contributed by atoms with Crippen molar-refractivity contribution in [3.8, 4) is 5.69 Å². The van der Waals surface area contributed by atoms with E-state index in [-0.39, 0.29) is 23.5 Å². The number of hydrogen-bond acceptors (Lipinski definition) is 3. The van der Waals surface area contributed by atoms with Gasteiger partial charge in [-0.15, -0.1) is 0 Å². The maximum absolute atomic E-state index is 13.4. The maximum atomic E-state index is 13.4. The van der Waals surface area contributed by atoms with Gasteiger partial charge in [-0.3, -0.25) is 9.59 Å². The van der Waals surface area contributed by atoms with Crippen molar-refractivity contribution in [1.29, 1.82) is 0 Å². The first-order chi connectivity index (χ1) is 16.1. The number of nitrogens with one attached hydrogen (secondary N) is 2. The number of aromatic nitrogens is 2. The van der Waals surface area contributed by atoms with E-state index in [1.807, 2.05) is 24.3 Å². The molecule has 0 atom stereocenters. The number of hydrogen-bond donors (Lipinski definition) is 2. The summed E-state index contributed by atoms with van der Waals surface area (Å²) in [5.74, 6) is -0.322. The summed E-state index contributed by atoms with van der Waals surface area (Å²) in [5.41, 5.74) is 4.87. The number of amides is 2. The Balaban J connectivity index is 1.34. The van der Waals surface area contributed by atoms with Gasteiger partial charge in [0, 0.05) is 29.4 Å². The first-order valence-corrected chi connectivity index (χ1v) is 11.6. The van der Waals surface area contributed by atoms with Crippen molar-refractivity contribution in [2.75, 3.05) is 5.32 Å². The van der Waals surface area contributed by atoms with E-state index in [1.54, 1.807) is 16.8 Å². The molecule has 3 aromatic rings. The van der Waals surface area contributed by atoms with Gasteiger partial charge in [0.05, 0.1) is 5.69 Å². The van der Waals surface area contributed by atoms with Gasteiger partial charge in [0.2, 0.25) is 5.91 Å². The van der Waals surface area contributed by atoms with E-state index in [2.05, 4.69) is 15.7 Å². The Labute approximate surface area is 192 Å². The zero-order valence-electron chi connectivity index (χ0n) is 18.4. The molecule has 33 heavy (non-hydrogen) atoms. The highest BCUT2D eigenvalue weighted by Gasteiger charge is 2.29. The molecule has 0 bridgehead atoms. The molecule has 1 saturated carbocycles. The molecular formula is C26H27FN4O2. The Morgan fingerprint density at radius 1 is 1.03 bits per heavy atom. The lowest BCUT2D eigenvalue weighted by Crippen LogP contribution is -2.24. The van der Waals surface area contributed by atoms with E-state index in [4.69, 9.17) is 0 Å². The van der Waals surface area contributed by atoms with Crippen LogP contribution in [-0.4, -0.2) is 21.6 Å². The molecular weight excluding hydrogens is 419 g/mol. The summed E-state index contributed by atoms with van der Waals surface area (Å²) in [6.07, 6.45) is 6.73. The number of carbonyl (C=O) groups is 2. The summed E-state index contributed by atoms with van der Waals surface area (Å²) < 4.78 is 15.2. The number of benzene rings is 2. The van der Waals surface area contributed by atoms with Crippen LogP contribution in [0.3, 0.4) is 0 Å². The molecule has 170 valence electrons. The smallest absolute Gasteiger partial charge is 0.272 e. The van der Waals surface area contributed by atoms with Crippen molar-refractivity contribution in [2.45, 2.75) is 51.5 Å². The van der Waals surface area contributed by atoms with E-state index in [1.165, 1.54) is 12.1 Å². The number of halogens is 1. The number of nitrogens with zero attached hydrogens (tertiary/aromatic N) is 2. The van der Waals surface area contributed by atoms with Gasteiger partial charge in [-0.2, -0.15) is 5.10 Å². The zero-order valence-corrected chi connectivity index (χ0v) is 18.4. The second-order valence-corrected chi connectivity index (χ2v) is 8.87. The van der Waals surface area contributed by atoms with Crippen molar-refractivity contribution in [1.82, 2.24) is 15.1 Å². The van der Waals surface area contributed by atoms with Crippen LogP contribution >= 0.6 is 0 Å². The van der Waals surface area contributed by atoms with E-state index < -0.39 is 0 Å². The van der Waals surface area contributed by atoms with Crippen molar-refractivity contribution in [3.05, 3.63) is 76.9 Å². The summed E-state index contributed by atoms with van der Waals surface area (Å²) >= 11 is 0. The molecule has 7 heteroatoms. The Morgan fingerprint density at radius 3 is 2.61 bits per heavy atom. The highest BCUT2D eigenvalue weighted by Crippen LogP contribution is 2.30. The molecule has 0 unspecified atom stereocenters.